The quantitative estimate of drug-likeness (QED) is 0.0829. The third-order valence-electron chi connectivity index (χ3n) is 7.58. The van der Waals surface area contributed by atoms with Crippen LogP contribution in [0.4, 0.5) is 0 Å². The van der Waals surface area contributed by atoms with Crippen LogP contribution in [0.25, 0.3) is 0 Å². The zero-order valence-corrected chi connectivity index (χ0v) is 26.4. The van der Waals surface area contributed by atoms with Gasteiger partial charge in [-0.3, -0.25) is 0 Å². The van der Waals surface area contributed by atoms with Crippen molar-refractivity contribution in [2.75, 3.05) is 38.4 Å². The first-order valence-electron chi connectivity index (χ1n) is 16.5. The van der Waals surface area contributed by atoms with Gasteiger partial charge in [-0.05, 0) is 19.3 Å². The number of rotatable bonds is 32. The standard InChI is InChI=1S/C32H66O5S/c1-3-4-5-6-7-8-9-10-11-12-13-14-16-19-22-25-28-37-30-32(36-2)31-38(34,35)29-26-23-20-17-15-18-21-24-27-33/h32-33H,3-31H2,1-2H3. The van der Waals surface area contributed by atoms with E-state index in [-0.39, 0.29) is 24.2 Å². The molecule has 5 nitrogen and oxygen atoms in total. The fourth-order valence-electron chi connectivity index (χ4n) is 5.01. The van der Waals surface area contributed by atoms with Gasteiger partial charge in [0.2, 0.25) is 0 Å². The highest BCUT2D eigenvalue weighted by Crippen LogP contribution is 2.14. The maximum Gasteiger partial charge on any atom is 0.152 e. The third-order valence-corrected chi connectivity index (χ3v) is 9.37. The Morgan fingerprint density at radius 1 is 0.579 bits per heavy atom. The minimum absolute atomic E-state index is 0.0591. The molecule has 0 aliphatic heterocycles. The predicted octanol–water partition coefficient (Wildman–Crippen LogP) is 8.81. The lowest BCUT2D eigenvalue weighted by atomic mass is 10.0. The van der Waals surface area contributed by atoms with Crippen LogP contribution in [0.1, 0.15) is 161 Å². The second-order valence-corrected chi connectivity index (χ2v) is 13.6. The second kappa shape index (κ2) is 29.8. The van der Waals surface area contributed by atoms with E-state index in [1.54, 1.807) is 7.11 Å². The summed E-state index contributed by atoms with van der Waals surface area (Å²) in [5.74, 6) is 0.306. The topological polar surface area (TPSA) is 72.8 Å². The van der Waals surface area contributed by atoms with Crippen LogP contribution >= 0.6 is 0 Å². The highest BCUT2D eigenvalue weighted by atomic mass is 32.2. The molecule has 0 aromatic rings. The molecule has 0 aromatic carbocycles. The van der Waals surface area contributed by atoms with Crippen molar-refractivity contribution in [3.8, 4) is 0 Å². The summed E-state index contributed by atoms with van der Waals surface area (Å²) >= 11 is 0. The molecule has 0 saturated heterocycles. The van der Waals surface area contributed by atoms with Crippen LogP contribution in [0.5, 0.6) is 0 Å². The first kappa shape index (κ1) is 37.8. The van der Waals surface area contributed by atoms with Crippen LogP contribution in [0.2, 0.25) is 0 Å². The Balaban J connectivity index is 3.50. The SMILES string of the molecule is CCCCCCCCCCCCCCCCCCOCC(CS(=O)(=O)CCCCCCCCCCO)OC. The normalized spacial score (nSPS) is 12.8. The lowest BCUT2D eigenvalue weighted by Gasteiger charge is -2.16. The number of unbranched alkanes of at least 4 members (excludes halogenated alkanes) is 22. The molecular weight excluding hydrogens is 496 g/mol. The Morgan fingerprint density at radius 2 is 0.974 bits per heavy atom. The molecule has 0 amide bonds. The van der Waals surface area contributed by atoms with Crippen LogP contribution in [0.15, 0.2) is 0 Å². The summed E-state index contributed by atoms with van der Waals surface area (Å²) in [6.45, 7) is 3.62. The predicted molar refractivity (Wildman–Crippen MR) is 164 cm³/mol. The highest BCUT2D eigenvalue weighted by molar-refractivity contribution is 7.91. The fraction of sp³-hybridized carbons (Fsp3) is 1.00. The van der Waals surface area contributed by atoms with E-state index >= 15 is 0 Å². The zero-order valence-electron chi connectivity index (χ0n) is 25.6. The van der Waals surface area contributed by atoms with Crippen LogP contribution < -0.4 is 0 Å². The van der Waals surface area contributed by atoms with Gasteiger partial charge in [-0.25, -0.2) is 8.42 Å². The molecule has 0 aliphatic carbocycles. The van der Waals surface area contributed by atoms with Crippen LogP contribution in [-0.4, -0.2) is 58.1 Å². The number of hydrogen-bond donors (Lipinski definition) is 1. The summed E-state index contributed by atoms with van der Waals surface area (Å²) in [7, 11) is -1.53. The van der Waals surface area contributed by atoms with Crippen molar-refractivity contribution in [2.24, 2.45) is 0 Å². The van der Waals surface area contributed by atoms with Crippen molar-refractivity contribution in [2.45, 2.75) is 167 Å². The summed E-state index contributed by atoms with van der Waals surface area (Å²) in [6.07, 6.45) is 29.6. The van der Waals surface area contributed by atoms with Gasteiger partial charge in [0.1, 0.15) is 0 Å². The molecule has 0 aliphatic rings. The van der Waals surface area contributed by atoms with Gasteiger partial charge < -0.3 is 14.6 Å². The summed E-state index contributed by atoms with van der Waals surface area (Å²) in [5, 5.41) is 8.78. The van der Waals surface area contributed by atoms with E-state index in [2.05, 4.69) is 6.92 Å². The minimum atomic E-state index is -3.10. The average molecular weight is 563 g/mol. The smallest absolute Gasteiger partial charge is 0.152 e. The van der Waals surface area contributed by atoms with Gasteiger partial charge in [-0.15, -0.1) is 0 Å². The van der Waals surface area contributed by atoms with E-state index in [1.807, 2.05) is 0 Å². The lowest BCUT2D eigenvalue weighted by Crippen LogP contribution is -2.29. The molecule has 230 valence electrons. The van der Waals surface area contributed by atoms with Gasteiger partial charge in [0, 0.05) is 20.3 Å². The van der Waals surface area contributed by atoms with Gasteiger partial charge in [-0.2, -0.15) is 0 Å². The van der Waals surface area contributed by atoms with Crippen molar-refractivity contribution >= 4 is 9.84 Å². The number of ether oxygens (including phenoxy) is 2. The van der Waals surface area contributed by atoms with Gasteiger partial charge in [-0.1, -0.05) is 142 Å². The average Bonchev–Trinajstić information content (AvgIpc) is 2.90. The van der Waals surface area contributed by atoms with E-state index in [4.69, 9.17) is 14.6 Å². The van der Waals surface area contributed by atoms with Crippen molar-refractivity contribution in [3.63, 3.8) is 0 Å². The fourth-order valence-corrected chi connectivity index (χ4v) is 6.62. The van der Waals surface area contributed by atoms with E-state index in [1.165, 1.54) is 103 Å². The molecule has 1 atom stereocenters. The summed E-state index contributed by atoms with van der Waals surface area (Å²) in [5.41, 5.74) is 0. The maximum atomic E-state index is 12.4. The number of methoxy groups -OCH3 is 1. The zero-order chi connectivity index (χ0) is 28.0. The first-order valence-corrected chi connectivity index (χ1v) is 18.3. The van der Waals surface area contributed by atoms with Gasteiger partial charge in [0.15, 0.2) is 9.84 Å². The van der Waals surface area contributed by atoms with Crippen molar-refractivity contribution in [1.82, 2.24) is 0 Å². The molecule has 0 aromatic heterocycles. The molecule has 0 fully saturated rings. The van der Waals surface area contributed by atoms with Crippen LogP contribution in [0, 0.1) is 0 Å². The molecule has 0 bridgehead atoms. The number of hydrogen-bond acceptors (Lipinski definition) is 5. The molecule has 1 N–H and O–H groups in total. The molecule has 0 saturated carbocycles. The Morgan fingerprint density at radius 3 is 1.39 bits per heavy atom. The van der Waals surface area contributed by atoms with Crippen LogP contribution in [-0.2, 0) is 19.3 Å². The van der Waals surface area contributed by atoms with E-state index in [9.17, 15) is 8.42 Å². The monoisotopic (exact) mass is 562 g/mol. The molecular formula is C32H66O5S. The van der Waals surface area contributed by atoms with E-state index < -0.39 is 9.84 Å². The first-order chi connectivity index (χ1) is 18.6. The number of aliphatic hydroxyl groups excluding tert-OH is 1. The van der Waals surface area contributed by atoms with Gasteiger partial charge >= 0.3 is 0 Å². The molecule has 0 rings (SSSR count). The summed E-state index contributed by atoms with van der Waals surface area (Å²) in [6, 6.07) is 0. The van der Waals surface area contributed by atoms with E-state index in [0.717, 1.165) is 51.4 Å². The second-order valence-electron chi connectivity index (χ2n) is 11.4. The molecule has 0 heterocycles. The number of aliphatic hydroxyl groups is 1. The Labute approximate surface area is 238 Å². The Hall–Kier alpha value is -0.170. The van der Waals surface area contributed by atoms with E-state index in [0.29, 0.717) is 13.2 Å². The van der Waals surface area contributed by atoms with Gasteiger partial charge in [0.05, 0.1) is 24.2 Å². The summed E-state index contributed by atoms with van der Waals surface area (Å²) in [4.78, 5) is 0. The molecule has 6 heteroatoms. The Kier molecular flexibility index (Phi) is 29.7. The minimum Gasteiger partial charge on any atom is -0.396 e. The maximum absolute atomic E-state index is 12.4. The number of sulfone groups is 1. The molecule has 1 unspecified atom stereocenters. The lowest BCUT2D eigenvalue weighted by molar-refractivity contribution is 0.0190. The van der Waals surface area contributed by atoms with Crippen molar-refractivity contribution in [1.29, 1.82) is 0 Å². The largest absolute Gasteiger partial charge is 0.396 e. The van der Waals surface area contributed by atoms with Gasteiger partial charge in [0.25, 0.3) is 0 Å². The van der Waals surface area contributed by atoms with Crippen molar-refractivity contribution in [3.05, 3.63) is 0 Å². The summed E-state index contributed by atoms with van der Waals surface area (Å²) < 4.78 is 36.0. The Bertz CT molecular complexity index is 552. The molecule has 0 spiro atoms. The third kappa shape index (κ3) is 28.8. The molecule has 0 radical (unpaired) electrons. The highest BCUT2D eigenvalue weighted by Gasteiger charge is 2.19. The van der Waals surface area contributed by atoms with Crippen LogP contribution in [0.3, 0.4) is 0 Å². The molecule has 38 heavy (non-hydrogen) atoms. The van der Waals surface area contributed by atoms with Crippen molar-refractivity contribution < 1.29 is 23.0 Å².